The van der Waals surface area contributed by atoms with Crippen LogP contribution in [0.4, 0.5) is 0 Å². The molecule has 154 valence electrons. The van der Waals surface area contributed by atoms with Gasteiger partial charge in [-0.15, -0.1) is 0 Å². The van der Waals surface area contributed by atoms with E-state index in [1.807, 2.05) is 13.0 Å². The number of amides is 3. The minimum absolute atomic E-state index is 0.145. The van der Waals surface area contributed by atoms with Crippen LogP contribution in [0.1, 0.15) is 38.2 Å². The van der Waals surface area contributed by atoms with Crippen LogP contribution in [-0.2, 0) is 25.6 Å². The molecule has 0 aliphatic rings. The molecule has 0 heterocycles. The van der Waals surface area contributed by atoms with E-state index >= 15 is 0 Å². The molecule has 3 amide bonds. The molecular formula is C19H28N4O5. The lowest BCUT2D eigenvalue weighted by atomic mass is 10.0. The molecule has 3 atom stereocenters. The average molecular weight is 392 g/mol. The summed E-state index contributed by atoms with van der Waals surface area (Å²) in [5, 5.41) is 13.8. The largest absolute Gasteiger partial charge is 0.481 e. The first kappa shape index (κ1) is 23.1. The highest BCUT2D eigenvalue weighted by Crippen LogP contribution is 2.05. The van der Waals surface area contributed by atoms with Crippen LogP contribution in [0.2, 0.25) is 0 Å². The Morgan fingerprint density at radius 3 is 2.18 bits per heavy atom. The van der Waals surface area contributed by atoms with Crippen molar-refractivity contribution in [3.8, 4) is 0 Å². The van der Waals surface area contributed by atoms with E-state index in [2.05, 4.69) is 10.6 Å². The molecule has 1 aromatic carbocycles. The molecule has 0 unspecified atom stereocenters. The maximum atomic E-state index is 12.5. The number of carboxylic acids is 1. The van der Waals surface area contributed by atoms with Crippen molar-refractivity contribution in [1.82, 2.24) is 10.6 Å². The number of nitrogens with one attached hydrogen (secondary N) is 2. The molecule has 1 aromatic rings. The number of benzene rings is 1. The SMILES string of the molecule is CCCC[C@H](N)C(=O)N[C@@H](CC(=O)O)C(=O)N[C@@H](Cc1ccccc1)C(N)=O. The first-order chi connectivity index (χ1) is 13.2. The van der Waals surface area contributed by atoms with E-state index in [9.17, 15) is 19.2 Å². The summed E-state index contributed by atoms with van der Waals surface area (Å²) in [6.45, 7) is 1.95. The van der Waals surface area contributed by atoms with Crippen LogP contribution in [0.15, 0.2) is 30.3 Å². The summed E-state index contributed by atoms with van der Waals surface area (Å²) in [7, 11) is 0. The fourth-order valence-electron chi connectivity index (χ4n) is 2.56. The first-order valence-electron chi connectivity index (χ1n) is 9.16. The third kappa shape index (κ3) is 8.17. The molecule has 9 heteroatoms. The van der Waals surface area contributed by atoms with Crippen molar-refractivity contribution in [2.75, 3.05) is 0 Å². The normalized spacial score (nSPS) is 13.8. The Morgan fingerprint density at radius 2 is 1.64 bits per heavy atom. The van der Waals surface area contributed by atoms with Crippen molar-refractivity contribution >= 4 is 23.7 Å². The second-order valence-electron chi connectivity index (χ2n) is 6.56. The second-order valence-corrected chi connectivity index (χ2v) is 6.56. The van der Waals surface area contributed by atoms with Crippen LogP contribution in [0, 0.1) is 0 Å². The molecule has 0 aliphatic heterocycles. The number of carbonyl (C=O) groups is 4. The van der Waals surface area contributed by atoms with Crippen LogP contribution in [-0.4, -0.2) is 46.9 Å². The predicted octanol–water partition coefficient (Wildman–Crippen LogP) is -0.324. The summed E-state index contributed by atoms with van der Waals surface area (Å²) in [5.74, 6) is -3.47. The summed E-state index contributed by atoms with van der Waals surface area (Å²) in [4.78, 5) is 47.5. The molecule has 0 aliphatic carbocycles. The van der Waals surface area contributed by atoms with Gasteiger partial charge in [-0.05, 0) is 12.0 Å². The van der Waals surface area contributed by atoms with Gasteiger partial charge in [-0.1, -0.05) is 50.1 Å². The Hall–Kier alpha value is -2.94. The summed E-state index contributed by atoms with van der Waals surface area (Å²) < 4.78 is 0. The summed E-state index contributed by atoms with van der Waals surface area (Å²) in [6.07, 6.45) is 1.49. The number of carboxylic acid groups (broad SMARTS) is 1. The number of primary amides is 1. The Morgan fingerprint density at radius 1 is 1.04 bits per heavy atom. The number of carbonyl (C=O) groups excluding carboxylic acids is 3. The van der Waals surface area contributed by atoms with E-state index in [4.69, 9.17) is 16.6 Å². The number of rotatable bonds is 12. The lowest BCUT2D eigenvalue weighted by molar-refractivity contribution is -0.141. The number of nitrogens with two attached hydrogens (primary N) is 2. The highest BCUT2D eigenvalue weighted by Gasteiger charge is 2.29. The average Bonchev–Trinajstić information content (AvgIpc) is 2.65. The molecule has 0 saturated heterocycles. The first-order valence-corrected chi connectivity index (χ1v) is 9.16. The van der Waals surface area contributed by atoms with Crippen LogP contribution >= 0.6 is 0 Å². The second kappa shape index (κ2) is 11.7. The van der Waals surface area contributed by atoms with E-state index in [0.29, 0.717) is 6.42 Å². The van der Waals surface area contributed by atoms with E-state index in [1.165, 1.54) is 0 Å². The van der Waals surface area contributed by atoms with Crippen molar-refractivity contribution in [2.45, 2.75) is 57.2 Å². The van der Waals surface area contributed by atoms with Gasteiger partial charge in [0, 0.05) is 6.42 Å². The van der Waals surface area contributed by atoms with Crippen LogP contribution in [0.25, 0.3) is 0 Å². The minimum Gasteiger partial charge on any atom is -0.481 e. The van der Waals surface area contributed by atoms with Crippen molar-refractivity contribution in [2.24, 2.45) is 11.5 Å². The summed E-state index contributed by atoms with van der Waals surface area (Å²) >= 11 is 0. The summed E-state index contributed by atoms with van der Waals surface area (Å²) in [6, 6.07) is 5.64. The van der Waals surface area contributed by atoms with Gasteiger partial charge in [-0.2, -0.15) is 0 Å². The molecule has 28 heavy (non-hydrogen) atoms. The fourth-order valence-corrected chi connectivity index (χ4v) is 2.56. The van der Waals surface area contributed by atoms with Gasteiger partial charge in [0.25, 0.3) is 0 Å². The highest BCUT2D eigenvalue weighted by molar-refractivity contribution is 5.94. The Kier molecular flexibility index (Phi) is 9.66. The number of hydrogen-bond acceptors (Lipinski definition) is 5. The zero-order chi connectivity index (χ0) is 21.1. The Labute approximate surface area is 163 Å². The molecule has 0 fully saturated rings. The molecule has 9 nitrogen and oxygen atoms in total. The van der Waals surface area contributed by atoms with Gasteiger partial charge in [0.15, 0.2) is 0 Å². The number of hydrogen-bond donors (Lipinski definition) is 5. The molecule has 0 aromatic heterocycles. The quantitative estimate of drug-likeness (QED) is 0.327. The lowest BCUT2D eigenvalue weighted by Crippen LogP contribution is -2.56. The lowest BCUT2D eigenvalue weighted by Gasteiger charge is -2.22. The van der Waals surface area contributed by atoms with Gasteiger partial charge < -0.3 is 27.2 Å². The van der Waals surface area contributed by atoms with Crippen LogP contribution < -0.4 is 22.1 Å². The van der Waals surface area contributed by atoms with Gasteiger partial charge in [0.05, 0.1) is 12.5 Å². The molecule has 1 rings (SSSR count). The van der Waals surface area contributed by atoms with Crippen LogP contribution in [0.5, 0.6) is 0 Å². The zero-order valence-electron chi connectivity index (χ0n) is 15.9. The molecule has 0 spiro atoms. The Bertz CT molecular complexity index is 680. The fraction of sp³-hybridized carbons (Fsp3) is 0.474. The van der Waals surface area contributed by atoms with Gasteiger partial charge in [-0.25, -0.2) is 0 Å². The van der Waals surface area contributed by atoms with Gasteiger partial charge in [0.1, 0.15) is 12.1 Å². The minimum atomic E-state index is -1.37. The van der Waals surface area contributed by atoms with E-state index in [1.54, 1.807) is 24.3 Å². The van der Waals surface area contributed by atoms with Crippen molar-refractivity contribution in [3.05, 3.63) is 35.9 Å². The van der Waals surface area contributed by atoms with Crippen molar-refractivity contribution < 1.29 is 24.3 Å². The van der Waals surface area contributed by atoms with E-state index in [0.717, 1.165) is 18.4 Å². The monoisotopic (exact) mass is 392 g/mol. The zero-order valence-corrected chi connectivity index (χ0v) is 15.9. The molecular weight excluding hydrogens is 364 g/mol. The predicted molar refractivity (Wildman–Crippen MR) is 103 cm³/mol. The molecule has 7 N–H and O–H groups in total. The van der Waals surface area contributed by atoms with Crippen molar-refractivity contribution in [3.63, 3.8) is 0 Å². The smallest absolute Gasteiger partial charge is 0.305 e. The summed E-state index contributed by atoms with van der Waals surface area (Å²) in [5.41, 5.74) is 11.9. The molecule has 0 bridgehead atoms. The molecule has 0 saturated carbocycles. The van der Waals surface area contributed by atoms with Gasteiger partial charge >= 0.3 is 5.97 Å². The maximum Gasteiger partial charge on any atom is 0.305 e. The van der Waals surface area contributed by atoms with E-state index in [-0.39, 0.29) is 6.42 Å². The van der Waals surface area contributed by atoms with Gasteiger partial charge in [-0.3, -0.25) is 19.2 Å². The standard InChI is InChI=1S/C19H28N4O5/c1-2-3-9-13(20)18(27)23-15(11-16(24)25)19(28)22-14(17(21)26)10-12-7-5-4-6-8-12/h4-8,13-15H,2-3,9-11,20H2,1H3,(H2,21,26)(H,22,28)(H,23,27)(H,24,25)/t13-,14-,15-/m0/s1. The number of aliphatic carboxylic acids is 1. The molecule has 0 radical (unpaired) electrons. The topological polar surface area (TPSA) is 165 Å². The van der Waals surface area contributed by atoms with Gasteiger partial charge in [0.2, 0.25) is 17.7 Å². The van der Waals surface area contributed by atoms with E-state index < -0.39 is 48.2 Å². The van der Waals surface area contributed by atoms with Crippen LogP contribution in [0.3, 0.4) is 0 Å². The Balaban J connectivity index is 2.82. The maximum absolute atomic E-state index is 12.5. The van der Waals surface area contributed by atoms with Crippen molar-refractivity contribution in [1.29, 1.82) is 0 Å². The third-order valence-electron chi connectivity index (χ3n) is 4.16. The highest BCUT2D eigenvalue weighted by atomic mass is 16.4. The third-order valence-corrected chi connectivity index (χ3v) is 4.16. The number of unbranched alkanes of at least 4 members (excludes halogenated alkanes) is 1.